The quantitative estimate of drug-likeness (QED) is 0.717. The topological polar surface area (TPSA) is 98.7 Å². The van der Waals surface area contributed by atoms with Gasteiger partial charge in [-0.2, -0.15) is 4.98 Å². The fourth-order valence-electron chi connectivity index (χ4n) is 3.60. The summed E-state index contributed by atoms with van der Waals surface area (Å²) >= 11 is 0. The van der Waals surface area contributed by atoms with Crippen LogP contribution in [0.4, 0.5) is 11.8 Å². The van der Waals surface area contributed by atoms with Gasteiger partial charge < -0.3 is 20.2 Å². The van der Waals surface area contributed by atoms with Gasteiger partial charge in [0.15, 0.2) is 9.84 Å². The lowest BCUT2D eigenvalue weighted by Crippen LogP contribution is -2.57. The van der Waals surface area contributed by atoms with Crippen molar-refractivity contribution in [3.63, 3.8) is 0 Å². The molecule has 0 aromatic carbocycles. The minimum atomic E-state index is -3.01. The van der Waals surface area contributed by atoms with Gasteiger partial charge >= 0.3 is 0 Å². The Hall–Kier alpha value is -1.45. The molecule has 9 heteroatoms. The molecule has 1 aromatic heterocycles. The number of rotatable bonds is 5. The molecule has 0 aliphatic carbocycles. The van der Waals surface area contributed by atoms with E-state index in [-0.39, 0.29) is 35.6 Å². The van der Waals surface area contributed by atoms with E-state index in [0.717, 1.165) is 18.9 Å². The number of fused-ring (bicyclic) bond motifs is 1. The molecule has 25 heavy (non-hydrogen) atoms. The predicted molar refractivity (Wildman–Crippen MR) is 97.7 cm³/mol. The summed E-state index contributed by atoms with van der Waals surface area (Å²) in [5, 5.41) is 12.8. The zero-order chi connectivity index (χ0) is 18.2. The fourth-order valence-corrected chi connectivity index (χ4v) is 5.55. The minimum absolute atomic E-state index is 0.0387. The van der Waals surface area contributed by atoms with Gasteiger partial charge in [0.05, 0.1) is 17.5 Å². The highest BCUT2D eigenvalue weighted by molar-refractivity contribution is 7.91. The van der Waals surface area contributed by atoms with Crippen molar-refractivity contribution in [1.29, 1.82) is 0 Å². The normalized spacial score (nSPS) is 25.7. The molecule has 0 spiro atoms. The molecule has 3 heterocycles. The summed E-state index contributed by atoms with van der Waals surface area (Å²) in [6.45, 7) is 6.13. The van der Waals surface area contributed by atoms with Gasteiger partial charge in [-0.3, -0.25) is 0 Å². The summed E-state index contributed by atoms with van der Waals surface area (Å²) in [6, 6.07) is 1.71. The molecule has 0 amide bonds. The third-order valence-electron chi connectivity index (χ3n) is 4.84. The zero-order valence-electron chi connectivity index (χ0n) is 15.0. The van der Waals surface area contributed by atoms with Crippen molar-refractivity contribution in [1.82, 2.24) is 15.3 Å². The van der Waals surface area contributed by atoms with Crippen LogP contribution in [0.5, 0.6) is 0 Å². The number of anilines is 2. The van der Waals surface area contributed by atoms with Gasteiger partial charge in [0.2, 0.25) is 5.95 Å². The van der Waals surface area contributed by atoms with Crippen LogP contribution in [0.15, 0.2) is 12.3 Å². The van der Waals surface area contributed by atoms with E-state index in [1.54, 1.807) is 6.20 Å². The number of piperazine rings is 1. The molecular formula is C16H27N5O3S. The molecule has 2 fully saturated rings. The van der Waals surface area contributed by atoms with Crippen LogP contribution in [0.25, 0.3) is 0 Å². The van der Waals surface area contributed by atoms with Gasteiger partial charge in [0.25, 0.3) is 0 Å². The van der Waals surface area contributed by atoms with Crippen LogP contribution in [-0.4, -0.2) is 80.4 Å². The fraction of sp³-hybridized carbons (Fsp3) is 0.750. The predicted octanol–water partition coefficient (Wildman–Crippen LogP) is -0.493. The van der Waals surface area contributed by atoms with Crippen molar-refractivity contribution in [3.05, 3.63) is 12.3 Å². The Balaban J connectivity index is 1.81. The van der Waals surface area contributed by atoms with Gasteiger partial charge in [-0.25, -0.2) is 13.4 Å². The van der Waals surface area contributed by atoms with Crippen molar-refractivity contribution in [2.24, 2.45) is 5.41 Å². The van der Waals surface area contributed by atoms with Crippen LogP contribution < -0.4 is 15.1 Å². The second-order valence-electron chi connectivity index (χ2n) is 7.79. The molecule has 0 saturated carbocycles. The molecule has 2 aliphatic rings. The van der Waals surface area contributed by atoms with Crippen molar-refractivity contribution in [3.8, 4) is 0 Å². The summed E-state index contributed by atoms with van der Waals surface area (Å²) in [7, 11) is -1.11. The minimum Gasteiger partial charge on any atom is -0.396 e. The highest BCUT2D eigenvalue weighted by atomic mass is 32.2. The molecular weight excluding hydrogens is 342 g/mol. The lowest BCUT2D eigenvalue weighted by atomic mass is 9.94. The molecule has 2 saturated heterocycles. The van der Waals surface area contributed by atoms with Crippen molar-refractivity contribution >= 4 is 21.6 Å². The first-order valence-electron chi connectivity index (χ1n) is 8.56. The third kappa shape index (κ3) is 4.04. The monoisotopic (exact) mass is 369 g/mol. The highest BCUT2D eigenvalue weighted by Gasteiger charge is 2.43. The van der Waals surface area contributed by atoms with Crippen LogP contribution >= 0.6 is 0 Å². The van der Waals surface area contributed by atoms with E-state index in [9.17, 15) is 13.5 Å². The standard InChI is InChI=1S/C16H27N5O3S/c1-16(2,11-22)10-20(3)15-18-5-4-14(19-15)21-7-6-17-12-8-25(23,24)9-13(12)21/h4-5,12-13,17,22H,6-11H2,1-3H3/t12-,13+/m0/s1. The van der Waals surface area contributed by atoms with Gasteiger partial charge in [-0.1, -0.05) is 13.8 Å². The van der Waals surface area contributed by atoms with Crippen molar-refractivity contribution in [2.45, 2.75) is 25.9 Å². The lowest BCUT2D eigenvalue weighted by Gasteiger charge is -2.38. The van der Waals surface area contributed by atoms with E-state index < -0.39 is 9.84 Å². The van der Waals surface area contributed by atoms with E-state index in [1.807, 2.05) is 31.9 Å². The maximum absolute atomic E-state index is 12.0. The molecule has 8 nitrogen and oxygen atoms in total. The zero-order valence-corrected chi connectivity index (χ0v) is 15.8. The Morgan fingerprint density at radius 1 is 1.44 bits per heavy atom. The van der Waals surface area contributed by atoms with Gasteiger partial charge in [0.1, 0.15) is 5.82 Å². The summed E-state index contributed by atoms with van der Waals surface area (Å²) in [4.78, 5) is 13.0. The number of aromatic nitrogens is 2. The average Bonchev–Trinajstić information content (AvgIpc) is 2.88. The summed E-state index contributed by atoms with van der Waals surface area (Å²) in [5.41, 5.74) is -0.256. The first-order chi connectivity index (χ1) is 11.7. The van der Waals surface area contributed by atoms with Crippen LogP contribution in [0.1, 0.15) is 13.8 Å². The molecule has 140 valence electrons. The SMILES string of the molecule is CN(CC(C)(C)CO)c1nccc(N2CCN[C@H]3CS(=O)(=O)C[C@H]32)n1. The van der Waals surface area contributed by atoms with Crippen LogP contribution in [0.2, 0.25) is 0 Å². The van der Waals surface area contributed by atoms with E-state index in [0.29, 0.717) is 12.5 Å². The Morgan fingerprint density at radius 2 is 2.20 bits per heavy atom. The Bertz CT molecular complexity index is 724. The third-order valence-corrected chi connectivity index (χ3v) is 6.56. The molecule has 3 rings (SSSR count). The lowest BCUT2D eigenvalue weighted by molar-refractivity contribution is 0.165. The Kier molecular flexibility index (Phi) is 4.91. The van der Waals surface area contributed by atoms with E-state index in [4.69, 9.17) is 0 Å². The highest BCUT2D eigenvalue weighted by Crippen LogP contribution is 2.27. The second kappa shape index (κ2) is 6.69. The number of sulfone groups is 1. The van der Waals surface area contributed by atoms with Gasteiger partial charge in [-0.05, 0) is 6.07 Å². The largest absolute Gasteiger partial charge is 0.396 e. The second-order valence-corrected chi connectivity index (χ2v) is 9.95. The number of nitrogens with zero attached hydrogens (tertiary/aromatic N) is 4. The number of hydrogen-bond donors (Lipinski definition) is 2. The molecule has 2 aliphatic heterocycles. The molecule has 2 atom stereocenters. The molecule has 1 aromatic rings. The first-order valence-corrected chi connectivity index (χ1v) is 10.4. The van der Waals surface area contributed by atoms with Gasteiger partial charge in [-0.15, -0.1) is 0 Å². The molecule has 0 unspecified atom stereocenters. The summed E-state index contributed by atoms with van der Waals surface area (Å²) in [6.07, 6.45) is 1.71. The van der Waals surface area contributed by atoms with E-state index >= 15 is 0 Å². The van der Waals surface area contributed by atoms with Crippen LogP contribution in [0, 0.1) is 5.41 Å². The molecule has 2 N–H and O–H groups in total. The first kappa shape index (κ1) is 18.3. The van der Waals surface area contributed by atoms with Crippen LogP contribution in [0.3, 0.4) is 0 Å². The summed E-state index contributed by atoms with van der Waals surface area (Å²) < 4.78 is 24.0. The average molecular weight is 369 g/mol. The van der Waals surface area contributed by atoms with Gasteiger partial charge in [0, 0.05) is 50.9 Å². The number of nitrogens with one attached hydrogen (secondary N) is 1. The Morgan fingerprint density at radius 3 is 2.92 bits per heavy atom. The smallest absolute Gasteiger partial charge is 0.227 e. The van der Waals surface area contributed by atoms with Crippen molar-refractivity contribution < 1.29 is 13.5 Å². The van der Waals surface area contributed by atoms with Crippen LogP contribution in [-0.2, 0) is 9.84 Å². The maximum Gasteiger partial charge on any atom is 0.227 e. The number of aliphatic hydroxyl groups is 1. The molecule has 0 bridgehead atoms. The number of hydrogen-bond acceptors (Lipinski definition) is 8. The molecule has 0 radical (unpaired) electrons. The van der Waals surface area contributed by atoms with Crippen molar-refractivity contribution in [2.75, 3.05) is 54.6 Å². The number of aliphatic hydroxyl groups excluding tert-OH is 1. The Labute approximate surface area is 149 Å². The maximum atomic E-state index is 12.0. The summed E-state index contributed by atoms with van der Waals surface area (Å²) in [5.74, 6) is 1.69. The van der Waals surface area contributed by atoms with E-state index in [2.05, 4.69) is 20.2 Å². The van der Waals surface area contributed by atoms with E-state index in [1.165, 1.54) is 0 Å².